The topological polar surface area (TPSA) is 12.9 Å². The Hall–Kier alpha value is -5.01. The van der Waals surface area contributed by atoms with Crippen LogP contribution in [0.3, 0.4) is 0 Å². The number of benzene rings is 5. The van der Waals surface area contributed by atoms with Crippen LogP contribution in [0.25, 0.3) is 55.5 Å². The maximum atomic E-state index is 5.25. The average Bonchev–Trinajstić information content (AvgIpc) is 3.51. The van der Waals surface area contributed by atoms with Crippen LogP contribution in [-0.2, 0) is 12.8 Å². The molecule has 1 nitrogen and oxygen atoms in total. The van der Waals surface area contributed by atoms with E-state index in [1.807, 2.05) is 0 Å². The SMILES string of the molecule is C1=CCC(CCCCCCc2cccc(-c3ccc4nc(-c5ccc6c(c5)Cc5ccccc5-6)cc(-c5ccccc5)c4c3)c2)C=C1. The summed E-state index contributed by atoms with van der Waals surface area (Å²) in [6.07, 6.45) is 18.9. The minimum atomic E-state index is 0.750. The highest BCUT2D eigenvalue weighted by Crippen LogP contribution is 2.40. The van der Waals surface area contributed by atoms with Gasteiger partial charge in [0.05, 0.1) is 11.2 Å². The molecule has 1 unspecified atom stereocenters. The Bertz CT molecular complexity index is 2100. The molecule has 2 aliphatic rings. The van der Waals surface area contributed by atoms with Crippen molar-refractivity contribution in [1.29, 1.82) is 0 Å². The van der Waals surface area contributed by atoms with Crippen LogP contribution in [0.1, 0.15) is 55.2 Å². The lowest BCUT2D eigenvalue weighted by molar-refractivity contribution is 0.526. The molecule has 0 amide bonds. The Labute approximate surface area is 279 Å². The summed E-state index contributed by atoms with van der Waals surface area (Å²) in [7, 11) is 0. The van der Waals surface area contributed by atoms with Gasteiger partial charge in [-0.25, -0.2) is 4.98 Å². The van der Waals surface area contributed by atoms with Crippen LogP contribution < -0.4 is 0 Å². The van der Waals surface area contributed by atoms with Gasteiger partial charge in [0.1, 0.15) is 0 Å². The van der Waals surface area contributed by atoms with Crippen LogP contribution in [-0.4, -0.2) is 4.98 Å². The van der Waals surface area contributed by atoms with Gasteiger partial charge in [-0.05, 0) is 112 Å². The molecule has 0 radical (unpaired) electrons. The maximum absolute atomic E-state index is 5.25. The molecule has 6 aromatic rings. The number of unbranched alkanes of at least 4 members (excludes halogenated alkanes) is 3. The third-order valence-electron chi connectivity index (χ3n) is 10.1. The Morgan fingerprint density at radius 2 is 1.36 bits per heavy atom. The smallest absolute Gasteiger partial charge is 0.0716 e. The predicted molar refractivity (Wildman–Crippen MR) is 199 cm³/mol. The minimum Gasteiger partial charge on any atom is -0.248 e. The quantitative estimate of drug-likeness (QED) is 0.141. The van der Waals surface area contributed by atoms with Crippen molar-refractivity contribution in [2.45, 2.75) is 51.4 Å². The van der Waals surface area contributed by atoms with Crippen molar-refractivity contribution in [2.75, 3.05) is 0 Å². The molecule has 1 atom stereocenters. The molecule has 1 heteroatoms. The second-order valence-electron chi connectivity index (χ2n) is 13.3. The first-order valence-corrected chi connectivity index (χ1v) is 17.4. The van der Waals surface area contributed by atoms with Crippen LogP contribution in [0.15, 0.2) is 146 Å². The molecule has 0 spiro atoms. The lowest BCUT2D eigenvalue weighted by Gasteiger charge is -2.13. The first-order chi connectivity index (χ1) is 23.3. The number of fused-ring (bicyclic) bond motifs is 4. The van der Waals surface area contributed by atoms with E-state index in [1.54, 1.807) is 0 Å². The van der Waals surface area contributed by atoms with Gasteiger partial charge in [0.15, 0.2) is 0 Å². The molecular weight excluding hydrogens is 567 g/mol. The van der Waals surface area contributed by atoms with E-state index < -0.39 is 0 Å². The molecule has 0 bridgehead atoms. The molecule has 230 valence electrons. The van der Waals surface area contributed by atoms with Crippen molar-refractivity contribution < 1.29 is 0 Å². The third-order valence-corrected chi connectivity index (χ3v) is 10.1. The summed E-state index contributed by atoms with van der Waals surface area (Å²) in [6.45, 7) is 0. The van der Waals surface area contributed by atoms with E-state index in [1.165, 1.54) is 99.5 Å². The summed E-state index contributed by atoms with van der Waals surface area (Å²) in [5.41, 5.74) is 15.1. The maximum Gasteiger partial charge on any atom is 0.0716 e. The van der Waals surface area contributed by atoms with Crippen molar-refractivity contribution >= 4 is 10.9 Å². The summed E-state index contributed by atoms with van der Waals surface area (Å²) < 4.78 is 0. The molecule has 0 aliphatic heterocycles. The van der Waals surface area contributed by atoms with E-state index in [2.05, 4.69) is 146 Å². The molecular formula is C46H41N. The molecule has 0 saturated heterocycles. The van der Waals surface area contributed by atoms with Crippen molar-refractivity contribution in [2.24, 2.45) is 5.92 Å². The Balaban J connectivity index is 1.04. The molecule has 2 aliphatic carbocycles. The monoisotopic (exact) mass is 607 g/mol. The standard InChI is InChI=1S/C46H41N/c1(5-14-33-15-7-3-8-16-33)2-6-17-34-18-13-22-36(28-34)37-25-27-45-44(31-37)43(35-19-9-4-10-20-35)32-46(47-45)39-24-26-42-40(30-39)29-38-21-11-12-23-41(38)42/h3-4,7-13,15,18-28,30-33H,1-2,5-6,14,16-17,29H2. The normalized spacial score (nSPS) is 14.8. The zero-order valence-electron chi connectivity index (χ0n) is 27.0. The zero-order valence-corrected chi connectivity index (χ0v) is 27.0. The first kappa shape index (κ1) is 29.4. The molecule has 8 rings (SSSR count). The van der Waals surface area contributed by atoms with Gasteiger partial charge in [-0.2, -0.15) is 0 Å². The van der Waals surface area contributed by atoms with Gasteiger partial charge in [0.25, 0.3) is 0 Å². The Morgan fingerprint density at radius 3 is 2.28 bits per heavy atom. The third kappa shape index (κ3) is 6.36. The summed E-state index contributed by atoms with van der Waals surface area (Å²) in [5, 5.41) is 1.19. The van der Waals surface area contributed by atoms with Crippen LogP contribution in [0.2, 0.25) is 0 Å². The number of hydrogen-bond acceptors (Lipinski definition) is 1. The van der Waals surface area contributed by atoms with Gasteiger partial charge in [0.2, 0.25) is 0 Å². The first-order valence-electron chi connectivity index (χ1n) is 17.4. The molecule has 1 heterocycles. The molecule has 0 N–H and O–H groups in total. The average molecular weight is 608 g/mol. The zero-order chi connectivity index (χ0) is 31.4. The van der Waals surface area contributed by atoms with Crippen LogP contribution >= 0.6 is 0 Å². The van der Waals surface area contributed by atoms with Gasteiger partial charge in [-0.15, -0.1) is 0 Å². The van der Waals surface area contributed by atoms with Crippen molar-refractivity contribution in [3.8, 4) is 44.6 Å². The second-order valence-corrected chi connectivity index (χ2v) is 13.3. The number of pyridine rings is 1. The molecule has 1 aromatic heterocycles. The molecule has 47 heavy (non-hydrogen) atoms. The summed E-state index contributed by atoms with van der Waals surface area (Å²) in [5.74, 6) is 0.750. The van der Waals surface area contributed by atoms with Gasteiger partial charge >= 0.3 is 0 Å². The predicted octanol–water partition coefficient (Wildman–Crippen LogP) is 12.4. The number of nitrogens with zero attached hydrogens (tertiary/aromatic N) is 1. The lowest BCUT2D eigenvalue weighted by atomic mass is 9.93. The van der Waals surface area contributed by atoms with Crippen molar-refractivity contribution in [1.82, 2.24) is 4.98 Å². The summed E-state index contributed by atoms with van der Waals surface area (Å²) in [4.78, 5) is 5.25. The Kier molecular flexibility index (Phi) is 8.37. The van der Waals surface area contributed by atoms with E-state index in [9.17, 15) is 0 Å². The van der Waals surface area contributed by atoms with Crippen LogP contribution in [0.5, 0.6) is 0 Å². The summed E-state index contributed by atoms with van der Waals surface area (Å²) in [6, 6.07) is 44.7. The van der Waals surface area contributed by atoms with Crippen LogP contribution in [0, 0.1) is 5.92 Å². The highest BCUT2D eigenvalue weighted by Gasteiger charge is 2.19. The minimum absolute atomic E-state index is 0.750. The lowest BCUT2D eigenvalue weighted by Crippen LogP contribution is -1.97. The van der Waals surface area contributed by atoms with Gasteiger partial charge in [-0.3, -0.25) is 0 Å². The summed E-state index contributed by atoms with van der Waals surface area (Å²) >= 11 is 0. The molecule has 0 fully saturated rings. The van der Waals surface area contributed by atoms with Crippen LogP contribution in [0.4, 0.5) is 0 Å². The van der Waals surface area contributed by atoms with Gasteiger partial charge in [0, 0.05) is 10.9 Å². The molecule has 0 saturated carbocycles. The number of allylic oxidation sites excluding steroid dienone is 4. The van der Waals surface area contributed by atoms with Gasteiger partial charge in [-0.1, -0.05) is 141 Å². The fraction of sp³-hybridized carbons (Fsp3) is 0.196. The van der Waals surface area contributed by atoms with E-state index >= 15 is 0 Å². The highest BCUT2D eigenvalue weighted by atomic mass is 14.7. The number of aryl methyl sites for hydroxylation is 1. The number of rotatable bonds is 10. The largest absolute Gasteiger partial charge is 0.248 e. The highest BCUT2D eigenvalue weighted by molar-refractivity contribution is 5.99. The molecule has 5 aromatic carbocycles. The van der Waals surface area contributed by atoms with Crippen molar-refractivity contribution in [3.05, 3.63) is 162 Å². The van der Waals surface area contributed by atoms with Gasteiger partial charge < -0.3 is 0 Å². The van der Waals surface area contributed by atoms with Crippen molar-refractivity contribution in [3.63, 3.8) is 0 Å². The van der Waals surface area contributed by atoms with E-state index in [-0.39, 0.29) is 0 Å². The number of hydrogen-bond donors (Lipinski definition) is 0. The fourth-order valence-electron chi connectivity index (χ4n) is 7.56. The second kappa shape index (κ2) is 13.4. The van der Waals surface area contributed by atoms with E-state index in [4.69, 9.17) is 4.98 Å². The number of aromatic nitrogens is 1. The fourth-order valence-corrected chi connectivity index (χ4v) is 7.56. The van der Waals surface area contributed by atoms with E-state index in [0.717, 1.165) is 30.0 Å². The van der Waals surface area contributed by atoms with E-state index in [0.29, 0.717) is 0 Å². The Morgan fingerprint density at radius 1 is 0.553 bits per heavy atom.